The molecule has 0 saturated carbocycles. The first-order valence-corrected chi connectivity index (χ1v) is 9.35. The van der Waals surface area contributed by atoms with Crippen LogP contribution in [0.15, 0.2) is 24.3 Å². The van der Waals surface area contributed by atoms with E-state index in [1.54, 1.807) is 4.90 Å². The Kier molecular flexibility index (Phi) is 4.69. The van der Waals surface area contributed by atoms with E-state index in [4.69, 9.17) is 14.2 Å². The van der Waals surface area contributed by atoms with Gasteiger partial charge in [-0.2, -0.15) is 0 Å². The summed E-state index contributed by atoms with van der Waals surface area (Å²) in [4.78, 5) is 28.1. The van der Waals surface area contributed by atoms with Crippen LogP contribution in [0.25, 0.3) is 0 Å². The molecule has 4 rings (SSSR count). The number of hydrogen-bond acceptors (Lipinski definition) is 5. The molecule has 1 aromatic carbocycles. The number of ether oxygens (including phenoxy) is 3. The van der Waals surface area contributed by atoms with Crippen molar-refractivity contribution in [2.45, 2.75) is 25.6 Å². The second-order valence-electron chi connectivity index (χ2n) is 7.00. The Morgan fingerprint density at radius 1 is 1.27 bits per heavy atom. The van der Waals surface area contributed by atoms with Crippen molar-refractivity contribution in [3.05, 3.63) is 29.8 Å². The third-order valence-electron chi connectivity index (χ3n) is 5.46. The number of hydrogen-bond donors (Lipinski definition) is 1. The molecule has 0 aliphatic carbocycles. The molecule has 0 bridgehead atoms. The number of esters is 1. The molecule has 0 atom stereocenters. The van der Waals surface area contributed by atoms with Crippen molar-refractivity contribution < 1.29 is 28.7 Å². The van der Waals surface area contributed by atoms with Gasteiger partial charge in [0, 0.05) is 18.4 Å². The van der Waals surface area contributed by atoms with Gasteiger partial charge in [0.2, 0.25) is 0 Å². The fraction of sp³-hybridized carbons (Fsp3) is 0.579. The maximum Gasteiger partial charge on any atom is 0.309 e. The van der Waals surface area contributed by atoms with Gasteiger partial charge in [-0.25, -0.2) is 0 Å². The Bertz CT molecular complexity index is 693. The lowest BCUT2D eigenvalue weighted by Gasteiger charge is -2.31. The maximum atomic E-state index is 13.1. The van der Waals surface area contributed by atoms with Crippen molar-refractivity contribution >= 4 is 17.6 Å². The first-order chi connectivity index (χ1) is 12.7. The molecule has 0 unspecified atom stereocenters. The van der Waals surface area contributed by atoms with Crippen LogP contribution in [0.5, 0.6) is 0 Å². The highest BCUT2D eigenvalue weighted by molar-refractivity contribution is 6.06. The van der Waals surface area contributed by atoms with Gasteiger partial charge in [0.25, 0.3) is 11.7 Å². The molecule has 1 aromatic rings. The maximum absolute atomic E-state index is 13.1. The Hall–Kier alpha value is -1.96. The Morgan fingerprint density at radius 2 is 1.96 bits per heavy atom. The van der Waals surface area contributed by atoms with Gasteiger partial charge in [0.05, 0.1) is 44.5 Å². The van der Waals surface area contributed by atoms with Crippen LogP contribution in [-0.2, 0) is 29.6 Å². The predicted molar refractivity (Wildman–Crippen MR) is 92.4 cm³/mol. The van der Waals surface area contributed by atoms with Crippen LogP contribution in [0.4, 0.5) is 5.69 Å². The first kappa shape index (κ1) is 17.5. The van der Waals surface area contributed by atoms with Gasteiger partial charge in [-0.05, 0) is 13.0 Å². The summed E-state index contributed by atoms with van der Waals surface area (Å²) >= 11 is 0. The number of benzene rings is 1. The SMILES string of the molecule is CCOC(=O)C1CC[NH+](CN2C(=O)C3(OCCO3)c3ccccc32)CC1. The number of rotatable bonds is 4. The molecule has 140 valence electrons. The van der Waals surface area contributed by atoms with Crippen LogP contribution in [0.2, 0.25) is 0 Å². The molecule has 0 radical (unpaired) electrons. The number of carbonyl (C=O) groups excluding carboxylic acids is 2. The summed E-state index contributed by atoms with van der Waals surface area (Å²) in [7, 11) is 0. The number of para-hydroxylation sites is 1. The minimum atomic E-state index is -1.26. The summed E-state index contributed by atoms with van der Waals surface area (Å²) in [6, 6.07) is 7.67. The van der Waals surface area contributed by atoms with Crippen LogP contribution < -0.4 is 9.80 Å². The molecular formula is C19H25N2O5+. The van der Waals surface area contributed by atoms with E-state index in [9.17, 15) is 9.59 Å². The van der Waals surface area contributed by atoms with Gasteiger partial charge in [0.15, 0.2) is 6.67 Å². The van der Waals surface area contributed by atoms with E-state index < -0.39 is 5.79 Å². The van der Waals surface area contributed by atoms with Gasteiger partial charge in [-0.3, -0.25) is 14.5 Å². The predicted octanol–water partition coefficient (Wildman–Crippen LogP) is 0.0483. The summed E-state index contributed by atoms with van der Waals surface area (Å²) < 4.78 is 16.6. The fourth-order valence-electron chi connectivity index (χ4n) is 4.14. The molecule has 0 aromatic heterocycles. The largest absolute Gasteiger partial charge is 0.466 e. The van der Waals surface area contributed by atoms with Crippen molar-refractivity contribution in [1.82, 2.24) is 0 Å². The molecule has 1 amide bonds. The minimum absolute atomic E-state index is 0.0203. The van der Waals surface area contributed by atoms with Crippen molar-refractivity contribution in [1.29, 1.82) is 0 Å². The van der Waals surface area contributed by atoms with E-state index in [1.807, 2.05) is 31.2 Å². The van der Waals surface area contributed by atoms with Crippen LogP contribution in [-0.4, -0.2) is 51.5 Å². The summed E-state index contributed by atoms with van der Waals surface area (Å²) in [6.07, 6.45) is 1.58. The van der Waals surface area contributed by atoms with E-state index >= 15 is 0 Å². The third kappa shape index (κ3) is 2.80. The van der Waals surface area contributed by atoms with E-state index in [2.05, 4.69) is 0 Å². The Balaban J connectivity index is 1.46. The molecule has 2 fully saturated rings. The normalized spacial score (nSPS) is 27.0. The molecule has 3 aliphatic heterocycles. The zero-order chi connectivity index (χ0) is 18.1. The molecule has 1 spiro atoms. The van der Waals surface area contributed by atoms with E-state index in [-0.39, 0.29) is 17.8 Å². The quantitative estimate of drug-likeness (QED) is 0.768. The number of carbonyl (C=O) groups is 2. The van der Waals surface area contributed by atoms with Gasteiger partial charge >= 0.3 is 5.97 Å². The van der Waals surface area contributed by atoms with Crippen molar-refractivity contribution in [2.24, 2.45) is 5.92 Å². The van der Waals surface area contributed by atoms with Gasteiger partial charge < -0.3 is 19.1 Å². The number of nitrogens with one attached hydrogen (secondary N) is 1. The lowest BCUT2D eigenvalue weighted by molar-refractivity contribution is -0.904. The summed E-state index contributed by atoms with van der Waals surface area (Å²) in [5.74, 6) is -1.52. The van der Waals surface area contributed by atoms with Crippen LogP contribution in [0.3, 0.4) is 0 Å². The second-order valence-corrected chi connectivity index (χ2v) is 7.00. The standard InChI is InChI=1S/C19H24N2O5/c1-2-24-17(22)14-7-9-20(10-8-14)13-21-16-6-4-3-5-15(16)19(18(21)23)25-11-12-26-19/h3-6,14H,2,7-13H2,1H3/p+1. The average molecular weight is 361 g/mol. The van der Waals surface area contributed by atoms with Crippen molar-refractivity contribution in [2.75, 3.05) is 44.5 Å². The average Bonchev–Trinajstić information content (AvgIpc) is 3.24. The smallest absolute Gasteiger partial charge is 0.309 e. The van der Waals surface area contributed by atoms with Crippen LogP contribution in [0.1, 0.15) is 25.3 Å². The molecule has 2 saturated heterocycles. The molecule has 26 heavy (non-hydrogen) atoms. The number of piperidine rings is 1. The zero-order valence-corrected chi connectivity index (χ0v) is 15.0. The monoisotopic (exact) mass is 361 g/mol. The van der Waals surface area contributed by atoms with E-state index in [1.165, 1.54) is 4.90 Å². The number of anilines is 1. The highest BCUT2D eigenvalue weighted by Crippen LogP contribution is 2.45. The Labute approximate surface area is 152 Å². The van der Waals surface area contributed by atoms with Crippen LogP contribution in [0, 0.1) is 5.92 Å². The third-order valence-corrected chi connectivity index (χ3v) is 5.46. The number of nitrogens with zero attached hydrogens (tertiary/aromatic N) is 1. The van der Waals surface area contributed by atoms with Crippen molar-refractivity contribution in [3.63, 3.8) is 0 Å². The van der Waals surface area contributed by atoms with E-state index in [0.29, 0.717) is 26.5 Å². The summed E-state index contributed by atoms with van der Waals surface area (Å²) in [6.45, 7) is 5.33. The minimum Gasteiger partial charge on any atom is -0.466 e. The highest BCUT2D eigenvalue weighted by Gasteiger charge is 2.56. The van der Waals surface area contributed by atoms with Crippen molar-refractivity contribution in [3.8, 4) is 0 Å². The summed E-state index contributed by atoms with van der Waals surface area (Å²) in [5, 5.41) is 0. The topological polar surface area (TPSA) is 69.5 Å². The molecule has 7 nitrogen and oxygen atoms in total. The van der Waals surface area contributed by atoms with E-state index in [0.717, 1.165) is 37.2 Å². The number of fused-ring (bicyclic) bond motifs is 2. The summed E-state index contributed by atoms with van der Waals surface area (Å²) in [5.41, 5.74) is 1.66. The molecule has 3 aliphatic rings. The Morgan fingerprint density at radius 3 is 2.65 bits per heavy atom. The molecule has 7 heteroatoms. The van der Waals surface area contributed by atoms with Gasteiger partial charge in [-0.1, -0.05) is 18.2 Å². The second kappa shape index (κ2) is 6.98. The van der Waals surface area contributed by atoms with Crippen LogP contribution >= 0.6 is 0 Å². The van der Waals surface area contributed by atoms with Gasteiger partial charge in [-0.15, -0.1) is 0 Å². The fourth-order valence-corrected chi connectivity index (χ4v) is 4.14. The number of quaternary nitrogens is 1. The molecular weight excluding hydrogens is 336 g/mol. The molecule has 1 N–H and O–H groups in total. The molecule has 3 heterocycles. The zero-order valence-electron chi connectivity index (χ0n) is 15.0. The van der Waals surface area contributed by atoms with Gasteiger partial charge in [0.1, 0.15) is 0 Å². The number of amides is 1. The lowest BCUT2D eigenvalue weighted by Crippen LogP contribution is -3.14. The first-order valence-electron chi connectivity index (χ1n) is 9.35. The number of likely N-dealkylation sites (tertiary alicyclic amines) is 1. The highest BCUT2D eigenvalue weighted by atomic mass is 16.7. The lowest BCUT2D eigenvalue weighted by atomic mass is 9.97.